The number of amides is 2. The predicted octanol–water partition coefficient (Wildman–Crippen LogP) is 3.41. The molecule has 1 aliphatic heterocycles. The van der Waals surface area contributed by atoms with Gasteiger partial charge in [-0.1, -0.05) is 18.2 Å². The Kier molecular flexibility index (Phi) is 6.88. The number of aryl methyl sites for hydroxylation is 2. The van der Waals surface area contributed by atoms with Gasteiger partial charge in [-0.2, -0.15) is 0 Å². The average Bonchev–Trinajstić information content (AvgIpc) is 3.20. The van der Waals surface area contributed by atoms with Crippen LogP contribution in [0.25, 0.3) is 0 Å². The first-order chi connectivity index (χ1) is 13.9. The predicted molar refractivity (Wildman–Crippen MR) is 119 cm³/mol. The summed E-state index contributed by atoms with van der Waals surface area (Å²) in [7, 11) is 1.76. The number of benzene rings is 2. The summed E-state index contributed by atoms with van der Waals surface area (Å²) in [6.45, 7) is 6.42. The lowest BCUT2D eigenvalue weighted by atomic mass is 10.1. The van der Waals surface area contributed by atoms with Crippen molar-refractivity contribution in [3.63, 3.8) is 0 Å². The van der Waals surface area contributed by atoms with E-state index in [2.05, 4.69) is 15.5 Å². The molecule has 0 bridgehead atoms. The van der Waals surface area contributed by atoms with Crippen molar-refractivity contribution in [1.82, 2.24) is 4.90 Å². The lowest BCUT2D eigenvalue weighted by molar-refractivity contribution is -0.119. The minimum absolute atomic E-state index is 0.132. The molecule has 6 nitrogen and oxygen atoms in total. The Balaban J connectivity index is 1.46. The molecule has 3 rings (SSSR count). The van der Waals surface area contributed by atoms with Crippen LogP contribution in [0, 0.1) is 13.8 Å². The maximum atomic E-state index is 12.3. The first-order valence-electron chi connectivity index (χ1n) is 10.1. The number of hydrogen-bond acceptors (Lipinski definition) is 4. The van der Waals surface area contributed by atoms with E-state index in [0.717, 1.165) is 35.6 Å². The Morgan fingerprint density at radius 3 is 2.03 bits per heavy atom. The van der Waals surface area contributed by atoms with Crippen molar-refractivity contribution >= 4 is 28.9 Å². The van der Waals surface area contributed by atoms with Gasteiger partial charge in [-0.3, -0.25) is 14.5 Å². The SMILES string of the molecule is Cc1cccc(C)c1NC(=O)CN(C)CC(=O)Nc1ccc(N2CCCC2)cc1. The summed E-state index contributed by atoms with van der Waals surface area (Å²) in [5.41, 5.74) is 4.85. The molecule has 2 aromatic rings. The standard InChI is InChI=1S/C23H30N4O2/c1-17-7-6-8-18(2)23(17)25-22(29)16-26(3)15-21(28)24-19-9-11-20(12-10-19)27-13-4-5-14-27/h6-12H,4-5,13-16H2,1-3H3,(H,24,28)(H,25,29). The summed E-state index contributed by atoms with van der Waals surface area (Å²) in [6.07, 6.45) is 2.48. The molecular weight excluding hydrogens is 364 g/mol. The molecule has 1 aliphatic rings. The largest absolute Gasteiger partial charge is 0.372 e. The molecule has 0 unspecified atom stereocenters. The smallest absolute Gasteiger partial charge is 0.238 e. The fourth-order valence-electron chi connectivity index (χ4n) is 3.67. The Labute approximate surface area is 172 Å². The van der Waals surface area contributed by atoms with Crippen LogP contribution in [0.3, 0.4) is 0 Å². The molecule has 0 radical (unpaired) electrons. The first-order valence-corrected chi connectivity index (χ1v) is 10.1. The topological polar surface area (TPSA) is 64.7 Å². The summed E-state index contributed by atoms with van der Waals surface area (Å²) in [5.74, 6) is -0.269. The van der Waals surface area contributed by atoms with Gasteiger partial charge < -0.3 is 15.5 Å². The van der Waals surface area contributed by atoms with Crippen LogP contribution in [0.1, 0.15) is 24.0 Å². The van der Waals surface area contributed by atoms with E-state index in [9.17, 15) is 9.59 Å². The zero-order chi connectivity index (χ0) is 20.8. The van der Waals surface area contributed by atoms with Gasteiger partial charge in [0.2, 0.25) is 11.8 Å². The van der Waals surface area contributed by atoms with Gasteiger partial charge in [-0.05, 0) is 69.1 Å². The van der Waals surface area contributed by atoms with Crippen LogP contribution in [0.2, 0.25) is 0 Å². The fraction of sp³-hybridized carbons (Fsp3) is 0.391. The second-order valence-corrected chi connectivity index (χ2v) is 7.78. The van der Waals surface area contributed by atoms with Crippen molar-refractivity contribution in [2.24, 2.45) is 0 Å². The Morgan fingerprint density at radius 2 is 1.45 bits per heavy atom. The van der Waals surface area contributed by atoms with Gasteiger partial charge in [0.25, 0.3) is 0 Å². The summed E-state index contributed by atoms with van der Waals surface area (Å²) in [6, 6.07) is 13.8. The zero-order valence-electron chi connectivity index (χ0n) is 17.5. The number of nitrogens with one attached hydrogen (secondary N) is 2. The molecular formula is C23H30N4O2. The number of nitrogens with zero attached hydrogens (tertiary/aromatic N) is 2. The van der Waals surface area contributed by atoms with Gasteiger partial charge in [0.05, 0.1) is 13.1 Å². The number of para-hydroxylation sites is 1. The molecule has 0 aromatic heterocycles. The normalized spacial score (nSPS) is 13.6. The Morgan fingerprint density at radius 1 is 0.897 bits per heavy atom. The average molecular weight is 395 g/mol. The highest BCUT2D eigenvalue weighted by Gasteiger charge is 2.14. The van der Waals surface area contributed by atoms with Crippen LogP contribution in [-0.4, -0.2) is 49.9 Å². The molecule has 0 atom stereocenters. The van der Waals surface area contributed by atoms with Gasteiger partial charge in [-0.15, -0.1) is 0 Å². The molecule has 2 amide bonds. The maximum absolute atomic E-state index is 12.3. The molecule has 0 spiro atoms. The number of carbonyl (C=O) groups excluding carboxylic acids is 2. The van der Waals surface area contributed by atoms with Crippen molar-refractivity contribution in [1.29, 1.82) is 0 Å². The fourth-order valence-corrected chi connectivity index (χ4v) is 3.67. The van der Waals surface area contributed by atoms with Crippen LogP contribution in [0.4, 0.5) is 17.1 Å². The molecule has 1 saturated heterocycles. The van der Waals surface area contributed by atoms with Crippen molar-refractivity contribution in [3.8, 4) is 0 Å². The van der Waals surface area contributed by atoms with E-state index in [1.807, 2.05) is 56.3 Å². The number of anilines is 3. The number of hydrogen-bond donors (Lipinski definition) is 2. The molecule has 1 heterocycles. The summed E-state index contributed by atoms with van der Waals surface area (Å²) >= 11 is 0. The quantitative estimate of drug-likeness (QED) is 0.755. The monoisotopic (exact) mass is 394 g/mol. The van der Waals surface area contributed by atoms with Crippen LogP contribution in [0.15, 0.2) is 42.5 Å². The minimum Gasteiger partial charge on any atom is -0.372 e. The van der Waals surface area contributed by atoms with Crippen LogP contribution in [0.5, 0.6) is 0 Å². The Bertz CT molecular complexity index is 837. The second-order valence-electron chi connectivity index (χ2n) is 7.78. The van der Waals surface area contributed by atoms with Crippen LogP contribution >= 0.6 is 0 Å². The van der Waals surface area contributed by atoms with Gasteiger partial charge in [0.15, 0.2) is 0 Å². The van der Waals surface area contributed by atoms with E-state index in [4.69, 9.17) is 0 Å². The van der Waals surface area contributed by atoms with Gasteiger partial charge >= 0.3 is 0 Å². The number of rotatable bonds is 7. The van der Waals surface area contributed by atoms with Crippen molar-refractivity contribution in [3.05, 3.63) is 53.6 Å². The number of likely N-dealkylation sites (N-methyl/N-ethyl adjacent to an activating group) is 1. The third-order valence-electron chi connectivity index (χ3n) is 5.19. The van der Waals surface area contributed by atoms with Crippen LogP contribution in [-0.2, 0) is 9.59 Å². The van der Waals surface area contributed by atoms with E-state index in [1.165, 1.54) is 18.5 Å². The summed E-state index contributed by atoms with van der Waals surface area (Å²) in [5, 5.41) is 5.85. The highest BCUT2D eigenvalue weighted by molar-refractivity contribution is 5.95. The molecule has 29 heavy (non-hydrogen) atoms. The van der Waals surface area contributed by atoms with Gasteiger partial charge in [-0.25, -0.2) is 0 Å². The third-order valence-corrected chi connectivity index (χ3v) is 5.19. The van der Waals surface area contributed by atoms with Gasteiger partial charge in [0.1, 0.15) is 0 Å². The second kappa shape index (κ2) is 9.56. The van der Waals surface area contributed by atoms with E-state index in [1.54, 1.807) is 11.9 Å². The van der Waals surface area contributed by atoms with Crippen LogP contribution < -0.4 is 15.5 Å². The molecule has 0 aliphatic carbocycles. The van der Waals surface area contributed by atoms with E-state index in [-0.39, 0.29) is 24.9 Å². The number of carbonyl (C=O) groups is 2. The highest BCUT2D eigenvalue weighted by atomic mass is 16.2. The molecule has 0 saturated carbocycles. The minimum atomic E-state index is -0.138. The zero-order valence-corrected chi connectivity index (χ0v) is 17.5. The van der Waals surface area contributed by atoms with Crippen molar-refractivity contribution in [2.45, 2.75) is 26.7 Å². The maximum Gasteiger partial charge on any atom is 0.238 e. The summed E-state index contributed by atoms with van der Waals surface area (Å²) in [4.78, 5) is 28.7. The molecule has 6 heteroatoms. The lowest BCUT2D eigenvalue weighted by Gasteiger charge is -2.19. The Hall–Kier alpha value is -2.86. The van der Waals surface area contributed by atoms with Gasteiger partial charge in [0, 0.05) is 30.2 Å². The molecule has 2 aromatic carbocycles. The lowest BCUT2D eigenvalue weighted by Crippen LogP contribution is -2.36. The van der Waals surface area contributed by atoms with E-state index < -0.39 is 0 Å². The summed E-state index contributed by atoms with van der Waals surface area (Å²) < 4.78 is 0. The third kappa shape index (κ3) is 5.81. The molecule has 154 valence electrons. The molecule has 2 N–H and O–H groups in total. The molecule has 1 fully saturated rings. The van der Waals surface area contributed by atoms with Crippen molar-refractivity contribution < 1.29 is 9.59 Å². The van der Waals surface area contributed by atoms with E-state index >= 15 is 0 Å². The van der Waals surface area contributed by atoms with Crippen molar-refractivity contribution in [2.75, 3.05) is 48.8 Å². The highest BCUT2D eigenvalue weighted by Crippen LogP contribution is 2.22. The van der Waals surface area contributed by atoms with E-state index in [0.29, 0.717) is 0 Å². The first kappa shape index (κ1) is 20.9.